The van der Waals surface area contributed by atoms with E-state index < -0.39 is 11.4 Å². The van der Waals surface area contributed by atoms with Crippen LogP contribution in [0.25, 0.3) is 21.7 Å². The molecule has 0 fully saturated rings. The van der Waals surface area contributed by atoms with Crippen molar-refractivity contribution in [1.29, 1.82) is 0 Å². The Bertz CT molecular complexity index is 922. The molecule has 0 aliphatic carbocycles. The zero-order valence-corrected chi connectivity index (χ0v) is 15.1. The molecule has 0 saturated heterocycles. The van der Waals surface area contributed by atoms with Gasteiger partial charge in [0, 0.05) is 34.4 Å². The van der Waals surface area contributed by atoms with E-state index in [0.717, 1.165) is 28.3 Å². The Morgan fingerprint density at radius 1 is 1.16 bits per heavy atom. The molecule has 2 heterocycles. The Balaban J connectivity index is 1.97. The van der Waals surface area contributed by atoms with Crippen molar-refractivity contribution in [3.05, 3.63) is 42.1 Å². The van der Waals surface area contributed by atoms with E-state index in [-0.39, 0.29) is 12.4 Å². The number of nitrogens with zero attached hydrogens (tertiary/aromatic N) is 2. The van der Waals surface area contributed by atoms with Gasteiger partial charge in [-0.2, -0.15) is 0 Å². The number of aromatic nitrogens is 2. The molecule has 3 rings (SSSR count). The normalized spacial score (nSPS) is 14.2. The third-order valence-corrected chi connectivity index (χ3v) is 4.31. The van der Waals surface area contributed by atoms with Crippen molar-refractivity contribution in [2.24, 2.45) is 11.7 Å². The van der Waals surface area contributed by atoms with Crippen molar-refractivity contribution in [2.75, 3.05) is 6.61 Å². The molecule has 132 valence electrons. The first-order chi connectivity index (χ1) is 11.8. The van der Waals surface area contributed by atoms with E-state index in [4.69, 9.17) is 10.5 Å². The lowest BCUT2D eigenvalue weighted by Gasteiger charge is -2.26. The Hall–Kier alpha value is -2.27. The van der Waals surface area contributed by atoms with Crippen molar-refractivity contribution in [2.45, 2.75) is 39.7 Å². The maximum atomic E-state index is 14.9. The molecule has 1 unspecified atom stereocenters. The van der Waals surface area contributed by atoms with Crippen LogP contribution in [0.1, 0.15) is 32.9 Å². The van der Waals surface area contributed by atoms with Gasteiger partial charge in [0.05, 0.1) is 0 Å². The highest BCUT2D eigenvalue weighted by atomic mass is 19.1. The second-order valence-electron chi connectivity index (χ2n) is 7.43. The van der Waals surface area contributed by atoms with Gasteiger partial charge in [-0.25, -0.2) is 4.39 Å². The van der Waals surface area contributed by atoms with Gasteiger partial charge in [0.2, 0.25) is 0 Å². The summed E-state index contributed by atoms with van der Waals surface area (Å²) in [5.74, 6) is 0.185. The van der Waals surface area contributed by atoms with Crippen molar-refractivity contribution in [1.82, 2.24) is 9.97 Å². The van der Waals surface area contributed by atoms with E-state index in [1.807, 2.05) is 26.0 Å². The average molecular weight is 341 g/mol. The quantitative estimate of drug-likeness (QED) is 0.700. The first kappa shape index (κ1) is 17.5. The van der Waals surface area contributed by atoms with Crippen LogP contribution in [0.2, 0.25) is 0 Å². The maximum absolute atomic E-state index is 14.9. The molecular formula is C20H24FN3O. The van der Waals surface area contributed by atoms with E-state index in [1.54, 1.807) is 18.5 Å². The molecule has 1 atom stereocenters. The van der Waals surface area contributed by atoms with E-state index in [0.29, 0.717) is 11.4 Å². The van der Waals surface area contributed by atoms with Crippen molar-refractivity contribution in [3.8, 4) is 5.75 Å². The van der Waals surface area contributed by atoms with E-state index in [9.17, 15) is 4.39 Å². The predicted molar refractivity (Wildman–Crippen MR) is 99.3 cm³/mol. The minimum Gasteiger partial charge on any atom is -0.489 e. The molecule has 0 aliphatic heterocycles. The number of aryl methyl sites for hydroxylation is 1. The average Bonchev–Trinajstić information content (AvgIpc) is 2.53. The third-order valence-electron chi connectivity index (χ3n) is 4.31. The summed E-state index contributed by atoms with van der Waals surface area (Å²) in [6, 6.07) is 5.38. The van der Waals surface area contributed by atoms with Crippen LogP contribution in [-0.4, -0.2) is 22.1 Å². The van der Waals surface area contributed by atoms with Gasteiger partial charge in [-0.05, 0) is 49.8 Å². The minimum atomic E-state index is -0.505. The van der Waals surface area contributed by atoms with Crippen LogP contribution in [-0.2, 0) is 0 Å². The molecule has 0 aliphatic rings. The molecule has 3 aromatic rings. The molecule has 1 aromatic carbocycles. The van der Waals surface area contributed by atoms with Gasteiger partial charge < -0.3 is 10.5 Å². The van der Waals surface area contributed by atoms with Gasteiger partial charge in [0.25, 0.3) is 0 Å². The molecule has 0 radical (unpaired) electrons. The van der Waals surface area contributed by atoms with Gasteiger partial charge in [0.1, 0.15) is 12.1 Å². The highest BCUT2D eigenvalue weighted by Crippen LogP contribution is 2.31. The van der Waals surface area contributed by atoms with Crippen LogP contribution in [0.3, 0.4) is 0 Å². The summed E-state index contributed by atoms with van der Waals surface area (Å²) in [4.78, 5) is 8.56. The number of pyridine rings is 2. The van der Waals surface area contributed by atoms with Gasteiger partial charge in [-0.3, -0.25) is 9.97 Å². The van der Waals surface area contributed by atoms with Gasteiger partial charge in [-0.1, -0.05) is 13.8 Å². The number of fused-ring (bicyclic) bond motifs is 3. The standard InChI is InChI=1S/C20H24FN3O/c1-12(2)9-20(4,22)11-25-17-6-5-15-14-7-8-23-13(3)16(14)10-24-19(15)18(17)21/h5-8,10,12H,9,11,22H2,1-4H3. The molecule has 2 N–H and O–H groups in total. The van der Waals surface area contributed by atoms with Crippen LogP contribution in [0.15, 0.2) is 30.6 Å². The lowest BCUT2D eigenvalue weighted by molar-refractivity contribution is 0.201. The summed E-state index contributed by atoms with van der Waals surface area (Å²) < 4.78 is 20.6. The number of nitrogens with two attached hydrogens (primary N) is 1. The van der Waals surface area contributed by atoms with Crippen LogP contribution >= 0.6 is 0 Å². The van der Waals surface area contributed by atoms with Gasteiger partial charge in [-0.15, -0.1) is 0 Å². The largest absolute Gasteiger partial charge is 0.489 e. The Morgan fingerprint density at radius 3 is 2.64 bits per heavy atom. The Morgan fingerprint density at radius 2 is 1.92 bits per heavy atom. The van der Waals surface area contributed by atoms with E-state index in [2.05, 4.69) is 23.8 Å². The number of benzene rings is 1. The zero-order valence-electron chi connectivity index (χ0n) is 15.1. The number of rotatable bonds is 5. The molecule has 0 bridgehead atoms. The molecule has 0 saturated carbocycles. The highest BCUT2D eigenvalue weighted by Gasteiger charge is 2.22. The molecule has 5 heteroatoms. The zero-order chi connectivity index (χ0) is 18.2. The topological polar surface area (TPSA) is 61.0 Å². The summed E-state index contributed by atoms with van der Waals surface area (Å²) in [7, 11) is 0. The Kier molecular flexibility index (Phi) is 4.60. The summed E-state index contributed by atoms with van der Waals surface area (Å²) >= 11 is 0. The summed E-state index contributed by atoms with van der Waals surface area (Å²) in [5.41, 5.74) is 6.92. The second kappa shape index (κ2) is 6.56. The van der Waals surface area contributed by atoms with Crippen LogP contribution in [0, 0.1) is 18.7 Å². The number of hydrogen-bond acceptors (Lipinski definition) is 4. The van der Waals surface area contributed by atoms with Crippen molar-refractivity contribution >= 4 is 21.7 Å². The fraction of sp³-hybridized carbons (Fsp3) is 0.400. The van der Waals surface area contributed by atoms with Crippen molar-refractivity contribution in [3.63, 3.8) is 0 Å². The number of halogens is 1. The second-order valence-corrected chi connectivity index (χ2v) is 7.43. The number of hydrogen-bond donors (Lipinski definition) is 1. The van der Waals surface area contributed by atoms with Gasteiger partial charge in [0.15, 0.2) is 11.6 Å². The first-order valence-electron chi connectivity index (χ1n) is 8.53. The fourth-order valence-electron chi connectivity index (χ4n) is 3.34. The molecule has 0 spiro atoms. The summed E-state index contributed by atoms with van der Waals surface area (Å²) in [6.45, 7) is 8.30. The molecular weight excluding hydrogens is 317 g/mol. The number of ether oxygens (including phenoxy) is 1. The highest BCUT2D eigenvalue weighted by molar-refractivity contribution is 6.06. The van der Waals surface area contributed by atoms with Crippen LogP contribution < -0.4 is 10.5 Å². The molecule has 0 amide bonds. The molecule has 2 aromatic heterocycles. The summed E-state index contributed by atoms with van der Waals surface area (Å²) in [6.07, 6.45) is 4.20. The van der Waals surface area contributed by atoms with Crippen LogP contribution in [0.4, 0.5) is 4.39 Å². The maximum Gasteiger partial charge on any atom is 0.191 e. The van der Waals surface area contributed by atoms with E-state index in [1.165, 1.54) is 0 Å². The van der Waals surface area contributed by atoms with Crippen LogP contribution in [0.5, 0.6) is 5.75 Å². The minimum absolute atomic E-state index is 0.186. The summed E-state index contributed by atoms with van der Waals surface area (Å²) in [5, 5.41) is 2.62. The third kappa shape index (κ3) is 3.56. The first-order valence-corrected chi connectivity index (χ1v) is 8.53. The lowest BCUT2D eigenvalue weighted by Crippen LogP contribution is -2.43. The molecule has 25 heavy (non-hydrogen) atoms. The smallest absolute Gasteiger partial charge is 0.191 e. The SMILES string of the molecule is Cc1nccc2c1cnc1c(F)c(OCC(C)(N)CC(C)C)ccc12. The lowest BCUT2D eigenvalue weighted by atomic mass is 9.93. The fourth-order valence-corrected chi connectivity index (χ4v) is 3.34. The molecule has 4 nitrogen and oxygen atoms in total. The predicted octanol–water partition coefficient (Wildman–Crippen LogP) is 4.37. The monoisotopic (exact) mass is 341 g/mol. The Labute approximate surface area is 147 Å². The van der Waals surface area contributed by atoms with Crippen molar-refractivity contribution < 1.29 is 9.13 Å². The van der Waals surface area contributed by atoms with Gasteiger partial charge >= 0.3 is 0 Å². The van der Waals surface area contributed by atoms with E-state index >= 15 is 0 Å².